The predicted molar refractivity (Wildman–Crippen MR) is 72.5 cm³/mol. The third-order valence-corrected chi connectivity index (χ3v) is 5.00. The van der Waals surface area contributed by atoms with E-state index in [2.05, 4.69) is 16.3 Å². The molecule has 1 saturated heterocycles. The fraction of sp³-hybridized carbons (Fsp3) is 0.917. The van der Waals surface area contributed by atoms with E-state index in [-0.39, 0.29) is 18.2 Å². The fourth-order valence-electron chi connectivity index (χ4n) is 2.87. The Balaban J connectivity index is 2.02. The normalized spacial score (nSPS) is 27.7. The van der Waals surface area contributed by atoms with Crippen molar-refractivity contribution in [3.8, 4) is 6.07 Å². The van der Waals surface area contributed by atoms with Gasteiger partial charge in [-0.3, -0.25) is 4.90 Å². The van der Waals surface area contributed by atoms with Gasteiger partial charge in [0, 0.05) is 11.6 Å². The summed E-state index contributed by atoms with van der Waals surface area (Å²) in [6, 6.07) is 2.49. The molecule has 6 heteroatoms. The van der Waals surface area contributed by atoms with E-state index in [0.717, 1.165) is 24.5 Å². The van der Waals surface area contributed by atoms with Gasteiger partial charge >= 0.3 is 0 Å². The van der Waals surface area contributed by atoms with Crippen LogP contribution in [0.4, 0.5) is 0 Å². The molecule has 0 aromatic carbocycles. The van der Waals surface area contributed by atoms with Gasteiger partial charge in [0.1, 0.15) is 12.2 Å². The summed E-state index contributed by atoms with van der Waals surface area (Å²) in [6.07, 6.45) is 5.66. The maximum Gasteiger partial charge on any atom is 0.109 e. The van der Waals surface area contributed by atoms with E-state index < -0.39 is 0 Å². The molecule has 0 N–H and O–H groups in total. The largest absolute Gasteiger partial charge is 0.256 e. The summed E-state index contributed by atoms with van der Waals surface area (Å²) in [6.45, 7) is 1.99. The first-order chi connectivity index (χ1) is 8.77. The first-order valence-electron chi connectivity index (χ1n) is 6.62. The summed E-state index contributed by atoms with van der Waals surface area (Å²) in [5.41, 5.74) is 0. The third kappa shape index (κ3) is 2.78. The van der Waals surface area contributed by atoms with Crippen LogP contribution in [0.5, 0.6) is 0 Å². The lowest BCUT2D eigenvalue weighted by atomic mass is 9.95. The van der Waals surface area contributed by atoms with Crippen molar-refractivity contribution in [2.75, 3.05) is 11.6 Å². The molecule has 1 heterocycles. The molecular weight excluding hydrogens is 248 g/mol. The van der Waals surface area contributed by atoms with Crippen molar-refractivity contribution in [2.24, 2.45) is 5.29 Å². The van der Waals surface area contributed by atoms with Crippen LogP contribution >= 0.6 is 11.8 Å². The highest BCUT2D eigenvalue weighted by molar-refractivity contribution is 7.99. The summed E-state index contributed by atoms with van der Waals surface area (Å²) in [4.78, 5) is 13.2. The summed E-state index contributed by atoms with van der Waals surface area (Å²) >= 11 is 1.75. The second-order valence-corrected chi connectivity index (χ2v) is 6.04. The number of thioether (sulfide) groups is 1. The molecule has 2 atom stereocenters. The van der Waals surface area contributed by atoms with E-state index in [0.29, 0.717) is 0 Å². The molecule has 0 aromatic heterocycles. The van der Waals surface area contributed by atoms with E-state index in [4.69, 9.17) is 5.26 Å². The average Bonchev–Trinajstić information content (AvgIpc) is 2.89. The Kier molecular flexibility index (Phi) is 4.84. The van der Waals surface area contributed by atoms with Gasteiger partial charge in [-0.05, 0) is 19.8 Å². The van der Waals surface area contributed by atoms with Crippen LogP contribution in [0.2, 0.25) is 0 Å². The molecule has 0 aromatic rings. The third-order valence-electron chi connectivity index (χ3n) is 3.97. The van der Waals surface area contributed by atoms with Crippen molar-refractivity contribution in [3.63, 3.8) is 0 Å². The zero-order chi connectivity index (χ0) is 13.0. The van der Waals surface area contributed by atoms with Crippen LogP contribution in [0.3, 0.4) is 0 Å². The van der Waals surface area contributed by atoms with Crippen LogP contribution in [0.1, 0.15) is 39.0 Å². The fourth-order valence-corrected chi connectivity index (χ4v) is 4.07. The Hall–Kier alpha value is -0.800. The van der Waals surface area contributed by atoms with Gasteiger partial charge in [0.15, 0.2) is 0 Å². The van der Waals surface area contributed by atoms with Gasteiger partial charge in [-0.2, -0.15) is 5.26 Å². The number of rotatable bonds is 4. The Bertz CT molecular complexity index is 327. The molecule has 0 amide bonds. The molecule has 1 aliphatic heterocycles. The van der Waals surface area contributed by atoms with E-state index in [1.165, 1.54) is 19.3 Å². The first kappa shape index (κ1) is 13.6. The van der Waals surface area contributed by atoms with E-state index in [1.54, 1.807) is 16.8 Å². The lowest BCUT2D eigenvalue weighted by Gasteiger charge is -2.38. The molecule has 1 aliphatic carbocycles. The SMILES string of the molecule is CC(N1CSCC1C#N)N(N=O)C1CCCCC1. The highest BCUT2D eigenvalue weighted by Crippen LogP contribution is 2.29. The standard InChI is InChI=1S/C12H20N4OS/c1-10(15-9-18-8-12(15)7-13)16(14-17)11-5-3-2-4-6-11/h10-12H,2-6,8-9H2,1H3. The summed E-state index contributed by atoms with van der Waals surface area (Å²) in [5, 5.41) is 14.1. The quantitative estimate of drug-likeness (QED) is 0.579. The second kappa shape index (κ2) is 6.39. The number of nitriles is 1. The zero-order valence-corrected chi connectivity index (χ0v) is 11.6. The number of hydrogen-bond acceptors (Lipinski definition) is 5. The van der Waals surface area contributed by atoms with Crippen molar-refractivity contribution in [3.05, 3.63) is 4.91 Å². The van der Waals surface area contributed by atoms with Gasteiger partial charge in [-0.1, -0.05) is 19.3 Å². The molecule has 0 spiro atoms. The summed E-state index contributed by atoms with van der Waals surface area (Å²) in [7, 11) is 0. The smallest absolute Gasteiger partial charge is 0.109 e. The van der Waals surface area contributed by atoms with Crippen LogP contribution < -0.4 is 0 Å². The second-order valence-electron chi connectivity index (χ2n) is 5.04. The molecule has 2 rings (SSSR count). The minimum absolute atomic E-state index is 0.0646. The molecule has 2 fully saturated rings. The number of nitroso groups, excluding NO2 is 1. The van der Waals surface area contributed by atoms with Crippen molar-refractivity contribution < 1.29 is 0 Å². The first-order valence-corrected chi connectivity index (χ1v) is 7.78. The Labute approximate surface area is 112 Å². The highest BCUT2D eigenvalue weighted by atomic mass is 32.2. The summed E-state index contributed by atoms with van der Waals surface area (Å²) < 4.78 is 0. The molecule has 18 heavy (non-hydrogen) atoms. The highest BCUT2D eigenvalue weighted by Gasteiger charge is 2.35. The Morgan fingerprint density at radius 1 is 1.44 bits per heavy atom. The van der Waals surface area contributed by atoms with Gasteiger partial charge < -0.3 is 0 Å². The summed E-state index contributed by atoms with van der Waals surface area (Å²) in [5.74, 6) is 1.65. The maximum absolute atomic E-state index is 11.2. The topological polar surface area (TPSA) is 59.7 Å². The Morgan fingerprint density at radius 2 is 2.17 bits per heavy atom. The maximum atomic E-state index is 11.2. The predicted octanol–water partition coefficient (Wildman–Crippen LogP) is 2.55. The van der Waals surface area contributed by atoms with Gasteiger partial charge in [0.25, 0.3) is 0 Å². The van der Waals surface area contributed by atoms with Gasteiger partial charge in [0.2, 0.25) is 0 Å². The minimum atomic E-state index is -0.0853. The van der Waals surface area contributed by atoms with Crippen molar-refractivity contribution in [1.82, 2.24) is 9.91 Å². The van der Waals surface area contributed by atoms with E-state index in [9.17, 15) is 4.91 Å². The van der Waals surface area contributed by atoms with Crippen LogP contribution in [0.15, 0.2) is 5.29 Å². The van der Waals surface area contributed by atoms with Crippen molar-refractivity contribution in [1.29, 1.82) is 5.26 Å². The molecule has 100 valence electrons. The molecule has 2 unspecified atom stereocenters. The van der Waals surface area contributed by atoms with Gasteiger partial charge in [0.05, 0.1) is 17.4 Å². The van der Waals surface area contributed by atoms with Crippen molar-refractivity contribution in [2.45, 2.75) is 57.3 Å². The molecular formula is C12H20N4OS. The Morgan fingerprint density at radius 3 is 2.78 bits per heavy atom. The molecule has 2 aliphatic rings. The van der Waals surface area contributed by atoms with E-state index >= 15 is 0 Å². The van der Waals surface area contributed by atoms with Crippen molar-refractivity contribution >= 4 is 11.8 Å². The molecule has 0 radical (unpaired) electrons. The van der Waals surface area contributed by atoms with Gasteiger partial charge in [-0.25, -0.2) is 5.01 Å². The van der Waals surface area contributed by atoms with Crippen LogP contribution in [-0.4, -0.2) is 39.8 Å². The average molecular weight is 268 g/mol. The number of nitrogens with zero attached hydrogens (tertiary/aromatic N) is 4. The lowest BCUT2D eigenvalue weighted by Crippen LogP contribution is -2.50. The van der Waals surface area contributed by atoms with E-state index in [1.807, 2.05) is 6.92 Å². The van der Waals surface area contributed by atoms with Gasteiger partial charge in [-0.15, -0.1) is 16.7 Å². The van der Waals surface area contributed by atoms with Crippen LogP contribution in [0.25, 0.3) is 0 Å². The van der Waals surface area contributed by atoms with Crippen LogP contribution in [-0.2, 0) is 0 Å². The monoisotopic (exact) mass is 268 g/mol. The zero-order valence-electron chi connectivity index (χ0n) is 10.8. The lowest BCUT2D eigenvalue weighted by molar-refractivity contribution is 0.0169. The molecule has 1 saturated carbocycles. The minimum Gasteiger partial charge on any atom is -0.256 e. The van der Waals surface area contributed by atoms with Crippen LogP contribution in [0, 0.1) is 16.2 Å². The molecule has 0 bridgehead atoms. The molecule has 5 nitrogen and oxygen atoms in total. The number of hydrogen-bond donors (Lipinski definition) is 0.